The van der Waals surface area contributed by atoms with Gasteiger partial charge in [0.25, 0.3) is 0 Å². The number of nitrogens with two attached hydrogens (primary N) is 1. The molecule has 3 rings (SSSR count). The fraction of sp³-hybridized carbons (Fsp3) is 0.375. The molecule has 0 atom stereocenters. The van der Waals surface area contributed by atoms with Crippen molar-refractivity contribution in [2.75, 3.05) is 49.3 Å². The van der Waals surface area contributed by atoms with Crippen LogP contribution in [0, 0.1) is 5.82 Å². The summed E-state index contributed by atoms with van der Waals surface area (Å²) in [4.78, 5) is 11.1. The van der Waals surface area contributed by atoms with Crippen LogP contribution in [-0.4, -0.2) is 43.3 Å². The summed E-state index contributed by atoms with van der Waals surface area (Å²) in [6, 6.07) is 6.72. The molecule has 3 N–H and O–H groups in total. The van der Waals surface area contributed by atoms with Gasteiger partial charge in [-0.15, -0.1) is 0 Å². The molecule has 2 aromatic rings. The minimum Gasteiger partial charge on any atom is -0.393 e. The number of anilines is 3. The van der Waals surface area contributed by atoms with Gasteiger partial charge in [-0.3, -0.25) is 0 Å². The molecular formula is C16H20FN5OS. The number of hydrogen-bond acceptors (Lipinski definition) is 7. The van der Waals surface area contributed by atoms with Crippen LogP contribution in [0.3, 0.4) is 0 Å². The third-order valence-electron chi connectivity index (χ3n) is 3.77. The number of hydrogen-bond donors (Lipinski definition) is 2. The molecule has 8 heteroatoms. The highest BCUT2D eigenvalue weighted by molar-refractivity contribution is 7.98. The average Bonchev–Trinajstić information content (AvgIpc) is 2.62. The van der Waals surface area contributed by atoms with Crippen LogP contribution in [0.15, 0.2) is 29.4 Å². The van der Waals surface area contributed by atoms with Gasteiger partial charge in [0.2, 0.25) is 0 Å². The quantitative estimate of drug-likeness (QED) is 0.634. The van der Waals surface area contributed by atoms with E-state index in [4.69, 9.17) is 10.5 Å². The summed E-state index contributed by atoms with van der Waals surface area (Å²) in [7, 11) is 1.77. The average molecular weight is 349 g/mol. The molecule has 1 fully saturated rings. The summed E-state index contributed by atoms with van der Waals surface area (Å²) in [6.45, 7) is 2.77. The number of nitrogens with zero attached hydrogens (tertiary/aromatic N) is 3. The van der Waals surface area contributed by atoms with Gasteiger partial charge in [-0.1, -0.05) is 30.0 Å². The Morgan fingerprint density at radius 2 is 2.04 bits per heavy atom. The molecule has 0 radical (unpaired) electrons. The second kappa shape index (κ2) is 7.67. The number of aromatic nitrogens is 2. The maximum absolute atomic E-state index is 13.8. The van der Waals surface area contributed by atoms with E-state index in [-0.39, 0.29) is 5.82 Å². The molecule has 0 amide bonds. The molecule has 1 aliphatic rings. The second-order valence-electron chi connectivity index (χ2n) is 5.32. The Morgan fingerprint density at radius 3 is 2.75 bits per heavy atom. The van der Waals surface area contributed by atoms with Gasteiger partial charge >= 0.3 is 0 Å². The van der Waals surface area contributed by atoms with Gasteiger partial charge in [-0.05, 0) is 11.6 Å². The first-order valence-corrected chi connectivity index (χ1v) is 8.71. The molecule has 128 valence electrons. The van der Waals surface area contributed by atoms with Crippen molar-refractivity contribution in [3.8, 4) is 0 Å². The molecule has 1 aromatic heterocycles. The predicted molar refractivity (Wildman–Crippen MR) is 95.0 cm³/mol. The van der Waals surface area contributed by atoms with Crippen molar-refractivity contribution in [1.82, 2.24) is 9.97 Å². The van der Waals surface area contributed by atoms with E-state index in [1.807, 2.05) is 6.07 Å². The lowest BCUT2D eigenvalue weighted by Gasteiger charge is -2.29. The Labute approximate surface area is 144 Å². The van der Waals surface area contributed by atoms with E-state index in [1.165, 1.54) is 17.8 Å². The predicted octanol–water partition coefficient (Wildman–Crippen LogP) is 2.37. The Balaban J connectivity index is 1.83. The topological polar surface area (TPSA) is 76.3 Å². The number of nitrogen functional groups attached to an aromatic ring is 1. The molecular weight excluding hydrogens is 329 g/mol. The number of halogens is 1. The van der Waals surface area contributed by atoms with E-state index in [0.717, 1.165) is 13.1 Å². The molecule has 24 heavy (non-hydrogen) atoms. The van der Waals surface area contributed by atoms with Crippen LogP contribution >= 0.6 is 11.8 Å². The number of rotatable bonds is 5. The highest BCUT2D eigenvalue weighted by Gasteiger charge is 2.19. The van der Waals surface area contributed by atoms with Crippen molar-refractivity contribution in [3.05, 3.63) is 35.6 Å². The molecule has 1 saturated heterocycles. The van der Waals surface area contributed by atoms with Crippen LogP contribution in [0.2, 0.25) is 0 Å². The minimum absolute atomic E-state index is 0.220. The zero-order chi connectivity index (χ0) is 16.9. The van der Waals surface area contributed by atoms with Crippen molar-refractivity contribution >= 4 is 29.1 Å². The van der Waals surface area contributed by atoms with E-state index < -0.39 is 0 Å². The Morgan fingerprint density at radius 1 is 1.29 bits per heavy atom. The van der Waals surface area contributed by atoms with Gasteiger partial charge in [-0.25, -0.2) is 14.4 Å². The lowest BCUT2D eigenvalue weighted by atomic mass is 10.2. The van der Waals surface area contributed by atoms with E-state index in [2.05, 4.69) is 20.2 Å². The van der Waals surface area contributed by atoms with Gasteiger partial charge in [0.15, 0.2) is 16.8 Å². The summed E-state index contributed by atoms with van der Waals surface area (Å²) in [5, 5.41) is 3.57. The van der Waals surface area contributed by atoms with Crippen molar-refractivity contribution in [3.63, 3.8) is 0 Å². The largest absolute Gasteiger partial charge is 0.393 e. The zero-order valence-corrected chi connectivity index (χ0v) is 14.3. The third-order valence-corrected chi connectivity index (χ3v) is 4.66. The minimum atomic E-state index is -0.220. The second-order valence-corrected chi connectivity index (χ2v) is 6.26. The Bertz CT molecular complexity index is 709. The molecule has 1 aliphatic heterocycles. The van der Waals surface area contributed by atoms with Crippen molar-refractivity contribution in [2.24, 2.45) is 0 Å². The maximum atomic E-state index is 13.8. The van der Waals surface area contributed by atoms with Gasteiger partial charge in [0.1, 0.15) is 11.5 Å². The first-order chi connectivity index (χ1) is 11.7. The first kappa shape index (κ1) is 16.8. The smallest absolute Gasteiger partial charge is 0.191 e. The fourth-order valence-corrected chi connectivity index (χ4v) is 3.29. The molecule has 0 spiro atoms. The third kappa shape index (κ3) is 3.70. The summed E-state index contributed by atoms with van der Waals surface area (Å²) < 4.78 is 19.1. The lowest BCUT2D eigenvalue weighted by molar-refractivity contribution is 0.122. The van der Waals surface area contributed by atoms with Crippen LogP contribution in [0.1, 0.15) is 5.56 Å². The van der Waals surface area contributed by atoms with Gasteiger partial charge < -0.3 is 20.7 Å². The summed E-state index contributed by atoms with van der Waals surface area (Å²) in [5.74, 6) is 1.53. The monoisotopic (exact) mass is 349 g/mol. The van der Waals surface area contributed by atoms with Crippen LogP contribution in [0.5, 0.6) is 0 Å². The molecule has 0 unspecified atom stereocenters. The highest BCUT2D eigenvalue weighted by Crippen LogP contribution is 2.31. The van der Waals surface area contributed by atoms with Crippen LogP contribution < -0.4 is 16.0 Å². The van der Waals surface area contributed by atoms with Crippen LogP contribution in [-0.2, 0) is 10.5 Å². The van der Waals surface area contributed by atoms with Gasteiger partial charge in [-0.2, -0.15) is 0 Å². The normalized spacial score (nSPS) is 14.7. The number of thioether (sulfide) groups is 1. The van der Waals surface area contributed by atoms with Gasteiger partial charge in [0.05, 0.1) is 13.2 Å². The van der Waals surface area contributed by atoms with E-state index in [0.29, 0.717) is 47.0 Å². The number of nitrogens with one attached hydrogen (secondary N) is 1. The van der Waals surface area contributed by atoms with Crippen LogP contribution in [0.4, 0.5) is 21.7 Å². The van der Waals surface area contributed by atoms with E-state index in [1.54, 1.807) is 19.2 Å². The van der Waals surface area contributed by atoms with Crippen molar-refractivity contribution < 1.29 is 9.13 Å². The molecule has 2 heterocycles. The van der Waals surface area contributed by atoms with Crippen LogP contribution in [0.25, 0.3) is 0 Å². The van der Waals surface area contributed by atoms with Gasteiger partial charge in [0, 0.05) is 25.9 Å². The first-order valence-electron chi connectivity index (χ1n) is 7.73. The van der Waals surface area contributed by atoms with Crippen molar-refractivity contribution in [1.29, 1.82) is 0 Å². The van der Waals surface area contributed by atoms with E-state index in [9.17, 15) is 4.39 Å². The molecule has 0 saturated carbocycles. The summed E-state index contributed by atoms with van der Waals surface area (Å²) in [6.07, 6.45) is 0. The zero-order valence-electron chi connectivity index (χ0n) is 13.5. The summed E-state index contributed by atoms with van der Waals surface area (Å²) >= 11 is 1.39. The Hall–Kier alpha value is -2.06. The number of morpholine rings is 1. The molecule has 1 aromatic carbocycles. The number of ether oxygens (including phenoxy) is 1. The molecule has 0 aliphatic carbocycles. The number of benzene rings is 1. The SMILES string of the molecule is CNc1nc(SCc2ccccc2F)nc(N2CCOCC2)c1N. The lowest BCUT2D eigenvalue weighted by Crippen LogP contribution is -2.37. The fourth-order valence-electron chi connectivity index (χ4n) is 2.47. The Kier molecular flexibility index (Phi) is 5.37. The van der Waals surface area contributed by atoms with Crippen molar-refractivity contribution in [2.45, 2.75) is 10.9 Å². The maximum Gasteiger partial charge on any atom is 0.191 e. The summed E-state index contributed by atoms with van der Waals surface area (Å²) in [5.41, 5.74) is 7.34. The molecule has 0 bridgehead atoms. The van der Waals surface area contributed by atoms with E-state index >= 15 is 0 Å². The highest BCUT2D eigenvalue weighted by atomic mass is 32.2. The molecule has 6 nitrogen and oxygen atoms in total. The standard InChI is InChI=1S/C16H20FN5OS/c1-19-14-13(18)15(22-6-8-23-9-7-22)21-16(20-14)24-10-11-4-2-3-5-12(11)17/h2-5H,6-10,18H2,1H3,(H,19,20,21).